The van der Waals surface area contributed by atoms with Crippen LogP contribution in [-0.4, -0.2) is 66.1 Å². The second kappa shape index (κ2) is 11.3. The fourth-order valence-electron chi connectivity index (χ4n) is 5.38. The van der Waals surface area contributed by atoms with E-state index < -0.39 is 11.8 Å². The van der Waals surface area contributed by atoms with Gasteiger partial charge in [-0.3, -0.25) is 19.3 Å². The summed E-state index contributed by atoms with van der Waals surface area (Å²) >= 11 is 0. The van der Waals surface area contributed by atoms with Crippen LogP contribution in [0, 0.1) is 6.92 Å². The van der Waals surface area contributed by atoms with Crippen molar-refractivity contribution in [1.29, 1.82) is 0 Å². The van der Waals surface area contributed by atoms with E-state index in [0.717, 1.165) is 11.1 Å². The van der Waals surface area contributed by atoms with Crippen LogP contribution >= 0.6 is 0 Å². The van der Waals surface area contributed by atoms with Crippen LogP contribution in [0.15, 0.2) is 78.9 Å². The molecule has 8 nitrogen and oxygen atoms in total. The Kier molecular flexibility index (Phi) is 7.65. The minimum Gasteiger partial charge on any atom is -0.497 e. The number of likely N-dealkylation sites (tertiary alicyclic amines) is 1. The Balaban J connectivity index is 1.36. The molecular weight excluding hydrogens is 494 g/mol. The molecular formula is C31H33N3O5. The number of hydrogen-bond donors (Lipinski definition) is 1. The normalized spacial score (nSPS) is 18.2. The number of nitrogens with zero attached hydrogens (tertiary/aromatic N) is 2. The molecule has 2 fully saturated rings. The molecule has 0 radical (unpaired) electrons. The van der Waals surface area contributed by atoms with Gasteiger partial charge in [0.15, 0.2) is 0 Å². The van der Waals surface area contributed by atoms with Crippen molar-refractivity contribution in [2.45, 2.75) is 38.1 Å². The van der Waals surface area contributed by atoms with E-state index in [-0.39, 0.29) is 24.3 Å². The zero-order valence-corrected chi connectivity index (χ0v) is 22.3. The van der Waals surface area contributed by atoms with Crippen LogP contribution in [0.3, 0.4) is 0 Å². The minimum absolute atomic E-state index is 0.0992. The number of piperidine rings is 1. The lowest BCUT2D eigenvalue weighted by Gasteiger charge is -2.44. The predicted molar refractivity (Wildman–Crippen MR) is 146 cm³/mol. The molecule has 1 spiro atoms. The SMILES string of the molecule is COc1cccc(C(=O)N2CCC3(CC2)OC[C@@H](C(=O)NCc2ccccc2)N3C(=O)c2cccc(C)c2)c1. The summed E-state index contributed by atoms with van der Waals surface area (Å²) < 4.78 is 11.6. The Hall–Kier alpha value is -4.17. The number of carbonyl (C=O) groups excluding carboxylic acids is 3. The van der Waals surface area contributed by atoms with Gasteiger partial charge in [-0.05, 0) is 42.8 Å². The highest BCUT2D eigenvalue weighted by atomic mass is 16.5. The predicted octanol–water partition coefficient (Wildman–Crippen LogP) is 3.79. The Morgan fingerprint density at radius 3 is 2.31 bits per heavy atom. The van der Waals surface area contributed by atoms with Gasteiger partial charge in [0.25, 0.3) is 11.8 Å². The van der Waals surface area contributed by atoms with Crippen molar-refractivity contribution >= 4 is 17.7 Å². The number of carbonyl (C=O) groups is 3. The molecule has 202 valence electrons. The third kappa shape index (κ3) is 5.52. The maximum atomic E-state index is 13.9. The molecule has 3 amide bonds. The van der Waals surface area contributed by atoms with Crippen molar-refractivity contribution in [2.75, 3.05) is 26.8 Å². The smallest absolute Gasteiger partial charge is 0.256 e. The molecule has 1 atom stereocenters. The summed E-state index contributed by atoms with van der Waals surface area (Å²) in [5.41, 5.74) is 2.01. The lowest BCUT2D eigenvalue weighted by Crippen LogP contribution is -2.59. The Morgan fingerprint density at radius 1 is 0.923 bits per heavy atom. The largest absolute Gasteiger partial charge is 0.497 e. The molecule has 0 aliphatic carbocycles. The van der Waals surface area contributed by atoms with Gasteiger partial charge in [0.05, 0.1) is 13.7 Å². The standard InChI is InChI=1S/C31H33N3O5/c1-22-8-6-11-24(18-22)30(37)34-27(28(35)32-20-23-9-4-3-5-10-23)21-39-31(34)14-16-33(17-15-31)29(36)25-12-7-13-26(19-25)38-2/h3-13,18-19,27H,14-17,20-21H2,1-2H3,(H,32,35)/t27-/m0/s1. The molecule has 2 saturated heterocycles. The van der Waals surface area contributed by atoms with E-state index >= 15 is 0 Å². The van der Waals surface area contributed by atoms with Crippen LogP contribution in [0.25, 0.3) is 0 Å². The third-order valence-electron chi connectivity index (χ3n) is 7.51. The van der Waals surface area contributed by atoms with E-state index in [0.29, 0.717) is 49.4 Å². The van der Waals surface area contributed by atoms with Gasteiger partial charge in [-0.1, -0.05) is 54.1 Å². The minimum atomic E-state index is -0.971. The quantitative estimate of drug-likeness (QED) is 0.527. The zero-order valence-electron chi connectivity index (χ0n) is 22.3. The van der Waals surface area contributed by atoms with Gasteiger partial charge in [-0.15, -0.1) is 0 Å². The number of aryl methyl sites for hydroxylation is 1. The zero-order chi connectivity index (χ0) is 27.4. The molecule has 2 aliphatic heterocycles. The average Bonchev–Trinajstić information content (AvgIpc) is 3.34. The molecule has 3 aromatic carbocycles. The fourth-order valence-corrected chi connectivity index (χ4v) is 5.38. The van der Waals surface area contributed by atoms with Gasteiger partial charge < -0.3 is 19.7 Å². The van der Waals surface area contributed by atoms with Crippen LogP contribution < -0.4 is 10.1 Å². The second-order valence-corrected chi connectivity index (χ2v) is 10.0. The maximum absolute atomic E-state index is 13.9. The summed E-state index contributed by atoms with van der Waals surface area (Å²) in [6.07, 6.45) is 0.811. The number of hydrogen-bond acceptors (Lipinski definition) is 5. The number of rotatable bonds is 6. The highest BCUT2D eigenvalue weighted by molar-refractivity contribution is 5.99. The molecule has 2 aliphatic rings. The van der Waals surface area contributed by atoms with E-state index in [1.165, 1.54) is 0 Å². The van der Waals surface area contributed by atoms with E-state index in [1.807, 2.05) is 55.5 Å². The van der Waals surface area contributed by atoms with E-state index in [4.69, 9.17) is 9.47 Å². The van der Waals surface area contributed by atoms with Gasteiger partial charge in [-0.2, -0.15) is 0 Å². The highest BCUT2D eigenvalue weighted by Crippen LogP contribution is 2.39. The van der Waals surface area contributed by atoms with E-state index in [1.54, 1.807) is 47.2 Å². The van der Waals surface area contributed by atoms with Crippen LogP contribution in [0.1, 0.15) is 44.7 Å². The van der Waals surface area contributed by atoms with Crippen molar-refractivity contribution < 1.29 is 23.9 Å². The summed E-state index contributed by atoms with van der Waals surface area (Å²) in [6, 6.07) is 23.3. The summed E-state index contributed by atoms with van der Waals surface area (Å²) in [7, 11) is 1.57. The van der Waals surface area contributed by atoms with Crippen molar-refractivity contribution in [3.63, 3.8) is 0 Å². The van der Waals surface area contributed by atoms with Gasteiger partial charge in [0.1, 0.15) is 17.5 Å². The van der Waals surface area contributed by atoms with E-state index in [2.05, 4.69) is 5.32 Å². The number of nitrogens with one attached hydrogen (secondary N) is 1. The second-order valence-electron chi connectivity index (χ2n) is 10.0. The van der Waals surface area contributed by atoms with Crippen LogP contribution in [0.4, 0.5) is 0 Å². The summed E-state index contributed by atoms with van der Waals surface area (Å²) in [5, 5.41) is 2.98. The number of amides is 3. The fraction of sp³-hybridized carbons (Fsp3) is 0.323. The molecule has 0 bridgehead atoms. The highest BCUT2D eigenvalue weighted by Gasteiger charge is 2.54. The summed E-state index contributed by atoms with van der Waals surface area (Å²) in [4.78, 5) is 44.0. The molecule has 0 unspecified atom stereocenters. The first-order chi connectivity index (χ1) is 18.9. The molecule has 0 aromatic heterocycles. The maximum Gasteiger partial charge on any atom is 0.256 e. The number of ether oxygens (including phenoxy) is 2. The average molecular weight is 528 g/mol. The van der Waals surface area contributed by atoms with Crippen molar-refractivity contribution in [3.05, 3.63) is 101 Å². The molecule has 3 aromatic rings. The monoisotopic (exact) mass is 527 g/mol. The Morgan fingerprint density at radius 2 is 1.62 bits per heavy atom. The van der Waals surface area contributed by atoms with Crippen LogP contribution in [0.5, 0.6) is 5.75 Å². The number of methoxy groups -OCH3 is 1. The van der Waals surface area contributed by atoms with Gasteiger partial charge in [0.2, 0.25) is 5.91 Å². The van der Waals surface area contributed by atoms with Gasteiger partial charge >= 0.3 is 0 Å². The first-order valence-electron chi connectivity index (χ1n) is 13.2. The van der Waals surface area contributed by atoms with Crippen LogP contribution in [-0.2, 0) is 16.1 Å². The molecule has 5 rings (SSSR count). The van der Waals surface area contributed by atoms with Gasteiger partial charge in [0, 0.05) is 43.6 Å². The molecule has 0 saturated carbocycles. The van der Waals surface area contributed by atoms with Crippen molar-refractivity contribution in [1.82, 2.24) is 15.1 Å². The first-order valence-corrected chi connectivity index (χ1v) is 13.2. The summed E-state index contributed by atoms with van der Waals surface area (Å²) in [5.74, 6) is 0.0125. The lowest BCUT2D eigenvalue weighted by atomic mass is 9.95. The third-order valence-corrected chi connectivity index (χ3v) is 7.51. The van der Waals surface area contributed by atoms with Crippen molar-refractivity contribution in [3.8, 4) is 5.75 Å². The Bertz CT molecular complexity index is 1350. The number of benzene rings is 3. The Labute approximate surface area is 228 Å². The first kappa shape index (κ1) is 26.4. The molecule has 2 heterocycles. The topological polar surface area (TPSA) is 88.2 Å². The van der Waals surface area contributed by atoms with Crippen molar-refractivity contribution in [2.24, 2.45) is 0 Å². The lowest BCUT2D eigenvalue weighted by molar-refractivity contribution is -0.128. The van der Waals surface area contributed by atoms with Crippen LogP contribution in [0.2, 0.25) is 0 Å². The van der Waals surface area contributed by atoms with E-state index in [9.17, 15) is 14.4 Å². The molecule has 39 heavy (non-hydrogen) atoms. The summed E-state index contributed by atoms with van der Waals surface area (Å²) in [6.45, 7) is 3.18. The van der Waals surface area contributed by atoms with Gasteiger partial charge in [-0.25, -0.2) is 0 Å². The molecule has 8 heteroatoms. The molecule has 1 N–H and O–H groups in total.